The molecule has 0 aliphatic heterocycles. The molecule has 0 atom stereocenters. The third-order valence-electron chi connectivity index (χ3n) is 1.78. The summed E-state index contributed by atoms with van der Waals surface area (Å²) in [5.74, 6) is 0. The van der Waals surface area contributed by atoms with Crippen LogP contribution in [-0.4, -0.2) is 4.57 Å². The van der Waals surface area contributed by atoms with Gasteiger partial charge >= 0.3 is 0 Å². The summed E-state index contributed by atoms with van der Waals surface area (Å²) in [4.78, 5) is 0. The number of rotatable bonds is 4. The second-order valence-corrected chi connectivity index (χ2v) is 2.49. The lowest BCUT2D eigenvalue weighted by molar-refractivity contribution is 0.813. The van der Waals surface area contributed by atoms with Gasteiger partial charge in [0.25, 0.3) is 0 Å². The SMILES string of the molecule is C=CCn1c(C=C)ccc1C=C. The Labute approximate surface area is 73.3 Å². The van der Waals surface area contributed by atoms with Crippen molar-refractivity contribution in [3.8, 4) is 0 Å². The summed E-state index contributed by atoms with van der Waals surface area (Å²) in [6.07, 6.45) is 5.52. The summed E-state index contributed by atoms with van der Waals surface area (Å²) in [6.45, 7) is 12.0. The van der Waals surface area contributed by atoms with Gasteiger partial charge in [0.1, 0.15) is 0 Å². The minimum Gasteiger partial charge on any atom is -0.338 e. The van der Waals surface area contributed by atoms with Gasteiger partial charge in [-0.15, -0.1) is 6.58 Å². The topological polar surface area (TPSA) is 4.93 Å². The van der Waals surface area contributed by atoms with E-state index in [1.807, 2.05) is 30.4 Å². The molecule has 0 saturated carbocycles. The first kappa shape index (κ1) is 8.60. The van der Waals surface area contributed by atoms with Crippen LogP contribution in [-0.2, 0) is 6.54 Å². The van der Waals surface area contributed by atoms with Gasteiger partial charge in [0, 0.05) is 17.9 Å². The van der Waals surface area contributed by atoms with Gasteiger partial charge in [-0.1, -0.05) is 19.2 Å². The van der Waals surface area contributed by atoms with Gasteiger partial charge in [0.2, 0.25) is 0 Å². The van der Waals surface area contributed by atoms with Crippen LogP contribution in [0.4, 0.5) is 0 Å². The van der Waals surface area contributed by atoms with E-state index in [1.165, 1.54) is 0 Å². The monoisotopic (exact) mass is 159 g/mol. The van der Waals surface area contributed by atoms with Gasteiger partial charge in [-0.25, -0.2) is 0 Å². The second kappa shape index (κ2) is 3.77. The minimum atomic E-state index is 0.801. The molecule has 12 heavy (non-hydrogen) atoms. The molecule has 0 aliphatic carbocycles. The standard InChI is InChI=1S/C11H13N/c1-4-9-12-10(5-2)7-8-11(12)6-3/h4-8H,1-3,9H2. The molecule has 1 rings (SSSR count). The van der Waals surface area contributed by atoms with E-state index in [4.69, 9.17) is 0 Å². The van der Waals surface area contributed by atoms with Crippen molar-refractivity contribution in [2.24, 2.45) is 0 Å². The van der Waals surface area contributed by atoms with Crippen LogP contribution < -0.4 is 0 Å². The Kier molecular flexibility index (Phi) is 2.70. The minimum absolute atomic E-state index is 0.801. The second-order valence-electron chi connectivity index (χ2n) is 2.49. The van der Waals surface area contributed by atoms with Crippen molar-refractivity contribution < 1.29 is 0 Å². The van der Waals surface area contributed by atoms with Crippen molar-refractivity contribution in [1.29, 1.82) is 0 Å². The third-order valence-corrected chi connectivity index (χ3v) is 1.78. The van der Waals surface area contributed by atoms with Crippen molar-refractivity contribution in [1.82, 2.24) is 4.57 Å². The molecule has 1 nitrogen and oxygen atoms in total. The van der Waals surface area contributed by atoms with Crippen LogP contribution in [0.1, 0.15) is 11.4 Å². The van der Waals surface area contributed by atoms with E-state index in [9.17, 15) is 0 Å². The molecule has 0 fully saturated rings. The lowest BCUT2D eigenvalue weighted by atomic mass is 10.4. The van der Waals surface area contributed by atoms with E-state index in [2.05, 4.69) is 24.3 Å². The van der Waals surface area contributed by atoms with E-state index in [0.717, 1.165) is 17.9 Å². The molecule has 0 radical (unpaired) electrons. The summed E-state index contributed by atoms with van der Waals surface area (Å²) in [5, 5.41) is 0. The molecule has 0 amide bonds. The van der Waals surface area contributed by atoms with Gasteiger partial charge < -0.3 is 4.57 Å². The van der Waals surface area contributed by atoms with Gasteiger partial charge in [-0.05, 0) is 24.3 Å². The van der Waals surface area contributed by atoms with Crippen LogP contribution in [0.5, 0.6) is 0 Å². The molecule has 0 aliphatic rings. The molecule has 0 aromatic carbocycles. The van der Waals surface area contributed by atoms with Gasteiger partial charge in [0.05, 0.1) is 0 Å². The average molecular weight is 159 g/mol. The van der Waals surface area contributed by atoms with Gasteiger partial charge in [-0.2, -0.15) is 0 Å². The van der Waals surface area contributed by atoms with Crippen molar-refractivity contribution >= 4 is 12.2 Å². The van der Waals surface area contributed by atoms with Crippen LogP contribution in [0, 0.1) is 0 Å². The van der Waals surface area contributed by atoms with Crippen LogP contribution >= 0.6 is 0 Å². The zero-order valence-electron chi connectivity index (χ0n) is 7.16. The molecule has 0 N–H and O–H groups in total. The predicted octanol–water partition coefficient (Wildman–Crippen LogP) is 2.96. The predicted molar refractivity (Wildman–Crippen MR) is 54.8 cm³/mol. The molecule has 62 valence electrons. The van der Waals surface area contributed by atoms with Gasteiger partial charge in [0.15, 0.2) is 0 Å². The molecule has 1 aromatic heterocycles. The molecule has 1 heterocycles. The van der Waals surface area contributed by atoms with E-state index in [0.29, 0.717) is 0 Å². The molecular formula is C11H13N. The smallest absolute Gasteiger partial charge is 0.0409 e. The Balaban J connectivity index is 3.14. The first-order valence-corrected chi connectivity index (χ1v) is 3.88. The molecule has 0 unspecified atom stereocenters. The van der Waals surface area contributed by atoms with Crippen LogP contribution in [0.25, 0.3) is 12.2 Å². The largest absolute Gasteiger partial charge is 0.338 e. The molecular weight excluding hydrogens is 146 g/mol. The summed E-state index contributed by atoms with van der Waals surface area (Å²) in [6, 6.07) is 4.04. The summed E-state index contributed by atoms with van der Waals surface area (Å²) < 4.78 is 2.10. The van der Waals surface area contributed by atoms with Crippen molar-refractivity contribution in [3.05, 3.63) is 49.3 Å². The lowest BCUT2D eigenvalue weighted by Crippen LogP contribution is -1.98. The fraction of sp³-hybridized carbons (Fsp3) is 0.0909. The van der Waals surface area contributed by atoms with E-state index >= 15 is 0 Å². The number of aromatic nitrogens is 1. The molecule has 0 saturated heterocycles. The number of hydrogen-bond donors (Lipinski definition) is 0. The molecule has 1 aromatic rings. The molecule has 0 spiro atoms. The lowest BCUT2D eigenvalue weighted by Gasteiger charge is -2.04. The fourth-order valence-electron chi connectivity index (χ4n) is 1.20. The maximum Gasteiger partial charge on any atom is 0.0409 e. The van der Waals surface area contributed by atoms with Crippen molar-refractivity contribution in [3.63, 3.8) is 0 Å². The average Bonchev–Trinajstić information content (AvgIpc) is 2.48. The Hall–Kier alpha value is -1.50. The highest BCUT2D eigenvalue weighted by molar-refractivity contribution is 5.52. The zero-order valence-corrected chi connectivity index (χ0v) is 7.16. The molecule has 1 heteroatoms. The summed E-state index contributed by atoms with van der Waals surface area (Å²) in [5.41, 5.74) is 2.20. The zero-order chi connectivity index (χ0) is 8.97. The highest BCUT2D eigenvalue weighted by Crippen LogP contribution is 2.11. The van der Waals surface area contributed by atoms with Crippen molar-refractivity contribution in [2.45, 2.75) is 6.54 Å². The van der Waals surface area contributed by atoms with Gasteiger partial charge in [-0.3, -0.25) is 0 Å². The Morgan fingerprint density at radius 3 is 1.92 bits per heavy atom. The highest BCUT2D eigenvalue weighted by atomic mass is 15.0. The number of nitrogens with zero attached hydrogens (tertiary/aromatic N) is 1. The first-order valence-electron chi connectivity index (χ1n) is 3.88. The maximum absolute atomic E-state index is 3.73. The number of hydrogen-bond acceptors (Lipinski definition) is 0. The Bertz CT molecular complexity index is 279. The van der Waals surface area contributed by atoms with Crippen LogP contribution in [0.15, 0.2) is 37.9 Å². The van der Waals surface area contributed by atoms with E-state index in [1.54, 1.807) is 0 Å². The maximum atomic E-state index is 3.73. The van der Waals surface area contributed by atoms with Crippen LogP contribution in [0.2, 0.25) is 0 Å². The van der Waals surface area contributed by atoms with E-state index < -0.39 is 0 Å². The number of allylic oxidation sites excluding steroid dienone is 1. The molecule has 0 bridgehead atoms. The normalized spacial score (nSPS) is 9.33. The first-order chi connectivity index (χ1) is 5.83. The summed E-state index contributed by atoms with van der Waals surface area (Å²) in [7, 11) is 0. The Morgan fingerprint density at radius 2 is 1.58 bits per heavy atom. The van der Waals surface area contributed by atoms with E-state index in [-0.39, 0.29) is 0 Å². The Morgan fingerprint density at radius 1 is 1.08 bits per heavy atom. The quantitative estimate of drug-likeness (QED) is 0.595. The summed E-state index contributed by atoms with van der Waals surface area (Å²) >= 11 is 0. The third kappa shape index (κ3) is 1.40. The van der Waals surface area contributed by atoms with Crippen molar-refractivity contribution in [2.75, 3.05) is 0 Å². The fourth-order valence-corrected chi connectivity index (χ4v) is 1.20. The van der Waals surface area contributed by atoms with Crippen LogP contribution in [0.3, 0.4) is 0 Å². The highest BCUT2D eigenvalue weighted by Gasteiger charge is 1.99.